The van der Waals surface area contributed by atoms with Crippen LogP contribution in [-0.4, -0.2) is 7.11 Å². The predicted molar refractivity (Wildman–Crippen MR) is 134 cm³/mol. The van der Waals surface area contributed by atoms with Gasteiger partial charge in [-0.2, -0.15) is 0 Å². The van der Waals surface area contributed by atoms with Gasteiger partial charge in [0.15, 0.2) is 0 Å². The number of fused-ring (bicyclic) bond motifs is 1. The molecule has 0 unspecified atom stereocenters. The Bertz CT molecular complexity index is 881. The smallest absolute Gasteiger partial charge is 0.132 e. The number of methoxy groups -OCH3 is 1. The molecule has 0 radical (unpaired) electrons. The van der Waals surface area contributed by atoms with Crippen molar-refractivity contribution in [1.82, 2.24) is 0 Å². The number of rotatable bonds is 6. The van der Waals surface area contributed by atoms with Gasteiger partial charge < -0.3 is 9.47 Å². The Hall–Kier alpha value is -1.96. The monoisotopic (exact) mass is 424 g/mol. The molecule has 172 valence electrons. The molecule has 0 amide bonds. The molecule has 0 N–H and O–H groups in total. The molecule has 0 spiro atoms. The van der Waals surface area contributed by atoms with Crippen molar-refractivity contribution in [3.63, 3.8) is 0 Å². The third-order valence-corrected chi connectivity index (χ3v) is 5.98. The van der Waals surface area contributed by atoms with Crippen molar-refractivity contribution < 1.29 is 9.47 Å². The van der Waals surface area contributed by atoms with Gasteiger partial charge in [0.05, 0.1) is 7.11 Å². The van der Waals surface area contributed by atoms with Gasteiger partial charge in [0.25, 0.3) is 0 Å². The maximum absolute atomic E-state index is 6.09. The van der Waals surface area contributed by atoms with E-state index in [1.54, 1.807) is 7.11 Å². The minimum absolute atomic E-state index is 0.0439. The number of ether oxygens (including phenoxy) is 2. The van der Waals surface area contributed by atoms with Crippen molar-refractivity contribution in [3.05, 3.63) is 57.6 Å². The minimum Gasteiger partial charge on any atom is -0.496 e. The third-order valence-electron chi connectivity index (χ3n) is 5.98. The minimum atomic E-state index is -0.177. The lowest BCUT2D eigenvalue weighted by molar-refractivity contribution is 0.0501. The highest BCUT2D eigenvalue weighted by Crippen LogP contribution is 2.48. The summed E-state index contributed by atoms with van der Waals surface area (Å²) in [5, 5.41) is 0. The van der Waals surface area contributed by atoms with E-state index in [0.717, 1.165) is 17.9 Å². The SMILES string of the molecule is CCCCCC.COc1c(Cc2cc(C)cc3c2OC3(C)C)cc(C)cc1C(C)(C)C. The lowest BCUT2D eigenvalue weighted by Gasteiger charge is -2.40. The van der Waals surface area contributed by atoms with Crippen LogP contribution in [-0.2, 0) is 17.4 Å². The fourth-order valence-corrected chi connectivity index (χ4v) is 4.29. The van der Waals surface area contributed by atoms with Gasteiger partial charge in [0.1, 0.15) is 17.1 Å². The van der Waals surface area contributed by atoms with Crippen molar-refractivity contribution in [3.8, 4) is 11.5 Å². The van der Waals surface area contributed by atoms with E-state index in [9.17, 15) is 0 Å². The molecule has 31 heavy (non-hydrogen) atoms. The molecule has 2 heteroatoms. The summed E-state index contributed by atoms with van der Waals surface area (Å²) >= 11 is 0. The Balaban J connectivity index is 0.000000501. The lowest BCUT2D eigenvalue weighted by Crippen LogP contribution is -2.36. The van der Waals surface area contributed by atoms with E-state index >= 15 is 0 Å². The Kier molecular flexibility index (Phi) is 8.25. The van der Waals surface area contributed by atoms with Crippen LogP contribution in [0, 0.1) is 13.8 Å². The first-order valence-electron chi connectivity index (χ1n) is 12.0. The second-order valence-corrected chi connectivity index (χ2v) is 10.6. The van der Waals surface area contributed by atoms with Crippen LogP contribution in [0.2, 0.25) is 0 Å². The zero-order valence-electron chi connectivity index (χ0n) is 21.7. The van der Waals surface area contributed by atoms with Crippen molar-refractivity contribution in [2.45, 2.75) is 105 Å². The summed E-state index contributed by atoms with van der Waals surface area (Å²) in [5.74, 6) is 2.06. The zero-order valence-corrected chi connectivity index (χ0v) is 21.7. The first-order chi connectivity index (χ1) is 14.4. The van der Waals surface area contributed by atoms with Crippen LogP contribution in [0.3, 0.4) is 0 Å². The van der Waals surface area contributed by atoms with E-state index in [-0.39, 0.29) is 11.0 Å². The molecule has 1 heterocycles. The summed E-state index contributed by atoms with van der Waals surface area (Å²) in [4.78, 5) is 0. The van der Waals surface area contributed by atoms with Gasteiger partial charge >= 0.3 is 0 Å². The number of hydrogen-bond acceptors (Lipinski definition) is 2. The van der Waals surface area contributed by atoms with Crippen LogP contribution in [0.25, 0.3) is 0 Å². The van der Waals surface area contributed by atoms with Gasteiger partial charge in [0.2, 0.25) is 0 Å². The van der Waals surface area contributed by atoms with Crippen LogP contribution in [0.15, 0.2) is 24.3 Å². The second-order valence-electron chi connectivity index (χ2n) is 10.6. The summed E-state index contributed by atoms with van der Waals surface area (Å²) in [6.45, 7) is 19.7. The van der Waals surface area contributed by atoms with Gasteiger partial charge in [0, 0.05) is 17.5 Å². The average Bonchev–Trinajstić information content (AvgIpc) is 2.67. The number of unbranched alkanes of at least 4 members (excludes halogenated alkanes) is 3. The first kappa shape index (κ1) is 25.3. The molecular weight excluding hydrogens is 380 g/mol. The molecule has 1 aliphatic rings. The highest BCUT2D eigenvalue weighted by molar-refractivity contribution is 5.56. The Morgan fingerprint density at radius 2 is 1.42 bits per heavy atom. The summed E-state index contributed by atoms with van der Waals surface area (Å²) < 4.78 is 11.9. The van der Waals surface area contributed by atoms with Gasteiger partial charge in [-0.1, -0.05) is 89.6 Å². The predicted octanol–water partition coefficient (Wildman–Crippen LogP) is 8.41. The van der Waals surface area contributed by atoms with E-state index in [1.807, 2.05) is 0 Å². The second kappa shape index (κ2) is 10.1. The first-order valence-corrected chi connectivity index (χ1v) is 12.0. The van der Waals surface area contributed by atoms with Crippen LogP contribution < -0.4 is 9.47 Å². The molecule has 0 aliphatic carbocycles. The number of hydrogen-bond donors (Lipinski definition) is 0. The van der Waals surface area contributed by atoms with Crippen molar-refractivity contribution >= 4 is 0 Å². The van der Waals surface area contributed by atoms with Gasteiger partial charge in [-0.05, 0) is 50.3 Å². The Labute approximate surface area is 191 Å². The summed E-state index contributed by atoms with van der Waals surface area (Å²) in [6.07, 6.45) is 6.36. The molecule has 0 bridgehead atoms. The fraction of sp³-hybridized carbons (Fsp3) is 0.586. The third kappa shape index (κ3) is 6.05. The van der Waals surface area contributed by atoms with Crippen LogP contribution in [0.4, 0.5) is 0 Å². The normalized spacial score (nSPS) is 14.0. The molecule has 0 fully saturated rings. The highest BCUT2D eigenvalue weighted by atomic mass is 16.5. The van der Waals surface area contributed by atoms with Crippen LogP contribution >= 0.6 is 0 Å². The number of aryl methyl sites for hydroxylation is 2. The maximum atomic E-state index is 6.09. The summed E-state index contributed by atoms with van der Waals surface area (Å²) in [5.41, 5.74) is 7.47. The van der Waals surface area contributed by atoms with E-state index < -0.39 is 0 Å². The molecule has 0 atom stereocenters. The molecular formula is C29H44O2. The van der Waals surface area contributed by atoms with Gasteiger partial charge in [-0.3, -0.25) is 0 Å². The summed E-state index contributed by atoms with van der Waals surface area (Å²) in [7, 11) is 1.78. The van der Waals surface area contributed by atoms with Gasteiger partial charge in [-0.15, -0.1) is 0 Å². The standard InChI is InChI=1S/C23H30O2.C6H14/c1-14-9-16(20(24-8)18(11-14)22(3,4)5)13-17-10-15(2)12-19-21(17)25-23(19,6)7;1-3-5-6-4-2/h9-12H,13H2,1-8H3;3-6H2,1-2H3. The quantitative estimate of drug-likeness (QED) is 0.433. The average molecular weight is 425 g/mol. The molecule has 3 rings (SSSR count). The maximum Gasteiger partial charge on any atom is 0.132 e. The highest BCUT2D eigenvalue weighted by Gasteiger charge is 2.38. The topological polar surface area (TPSA) is 18.5 Å². The molecule has 2 aromatic carbocycles. The molecule has 2 nitrogen and oxygen atoms in total. The number of benzene rings is 2. The molecule has 2 aromatic rings. The van der Waals surface area contributed by atoms with Gasteiger partial charge in [-0.25, -0.2) is 0 Å². The Morgan fingerprint density at radius 3 is 1.90 bits per heavy atom. The molecule has 1 aliphatic heterocycles. The van der Waals surface area contributed by atoms with E-state index in [0.29, 0.717) is 0 Å². The molecule has 0 aromatic heterocycles. The van der Waals surface area contributed by atoms with E-state index in [2.05, 4.69) is 86.6 Å². The van der Waals surface area contributed by atoms with Crippen molar-refractivity contribution in [2.75, 3.05) is 7.11 Å². The molecule has 0 saturated heterocycles. The van der Waals surface area contributed by atoms with Crippen LogP contribution in [0.5, 0.6) is 11.5 Å². The Morgan fingerprint density at radius 1 is 0.871 bits per heavy atom. The molecule has 0 saturated carbocycles. The largest absolute Gasteiger partial charge is 0.496 e. The van der Waals surface area contributed by atoms with Crippen molar-refractivity contribution in [1.29, 1.82) is 0 Å². The fourth-order valence-electron chi connectivity index (χ4n) is 4.29. The summed E-state index contributed by atoms with van der Waals surface area (Å²) in [6, 6.07) is 8.98. The van der Waals surface area contributed by atoms with E-state index in [1.165, 1.54) is 59.1 Å². The van der Waals surface area contributed by atoms with Crippen LogP contribution in [0.1, 0.15) is 108 Å². The van der Waals surface area contributed by atoms with E-state index in [4.69, 9.17) is 9.47 Å². The lowest BCUT2D eigenvalue weighted by atomic mass is 9.82. The van der Waals surface area contributed by atoms with Crippen molar-refractivity contribution in [2.24, 2.45) is 0 Å². The zero-order chi connectivity index (χ0) is 23.4.